The number of amides is 1. The number of anilines is 1. The van der Waals surface area contributed by atoms with Crippen molar-refractivity contribution in [2.75, 3.05) is 18.4 Å². The third kappa shape index (κ3) is 6.26. The molecule has 1 atom stereocenters. The summed E-state index contributed by atoms with van der Waals surface area (Å²) in [5, 5.41) is 2.86. The first-order valence-corrected chi connectivity index (χ1v) is 11.9. The average Bonchev–Trinajstić information content (AvgIpc) is 2.80. The first kappa shape index (κ1) is 24.1. The van der Waals surface area contributed by atoms with Crippen LogP contribution in [0, 0.1) is 13.8 Å². The number of para-hydroxylation sites is 1. The van der Waals surface area contributed by atoms with Crippen LogP contribution in [0.5, 0.6) is 11.5 Å². The van der Waals surface area contributed by atoms with Crippen LogP contribution in [-0.4, -0.2) is 28.0 Å². The van der Waals surface area contributed by atoms with Crippen LogP contribution in [0.4, 0.5) is 5.69 Å². The molecule has 0 saturated heterocycles. The quantitative estimate of drug-likeness (QED) is 0.486. The molecule has 3 aromatic carbocycles. The fourth-order valence-electron chi connectivity index (χ4n) is 3.30. The highest BCUT2D eigenvalue weighted by molar-refractivity contribution is 7.92. The molecule has 2 N–H and O–H groups in total. The van der Waals surface area contributed by atoms with E-state index in [2.05, 4.69) is 10.0 Å². The normalized spacial score (nSPS) is 12.0. The van der Waals surface area contributed by atoms with Crippen LogP contribution < -0.4 is 19.5 Å². The highest BCUT2D eigenvalue weighted by atomic mass is 32.2. The van der Waals surface area contributed by atoms with Crippen LogP contribution in [0.15, 0.2) is 71.6 Å². The summed E-state index contributed by atoms with van der Waals surface area (Å²) in [5.74, 6) is 0.778. The number of carbonyl (C=O) groups is 1. The molecule has 0 fully saturated rings. The molecular formula is C25H28N2O5S. The Bertz CT molecular complexity index is 1220. The molecule has 8 heteroatoms. The molecule has 174 valence electrons. The van der Waals surface area contributed by atoms with Crippen LogP contribution >= 0.6 is 0 Å². The van der Waals surface area contributed by atoms with Crippen molar-refractivity contribution >= 4 is 21.6 Å². The maximum Gasteiger partial charge on any atom is 0.261 e. The number of ether oxygens (including phenoxy) is 2. The molecule has 0 bridgehead atoms. The Labute approximate surface area is 194 Å². The van der Waals surface area contributed by atoms with Gasteiger partial charge in [0, 0.05) is 5.56 Å². The zero-order valence-corrected chi connectivity index (χ0v) is 19.9. The minimum Gasteiger partial charge on any atom is -0.496 e. The Balaban J connectivity index is 1.59. The molecule has 3 aromatic rings. The number of rotatable bonds is 9. The number of sulfonamides is 1. The van der Waals surface area contributed by atoms with Crippen molar-refractivity contribution in [2.45, 2.75) is 31.7 Å². The molecule has 0 aromatic heterocycles. The van der Waals surface area contributed by atoms with Gasteiger partial charge in [-0.15, -0.1) is 0 Å². The van der Waals surface area contributed by atoms with E-state index < -0.39 is 10.0 Å². The van der Waals surface area contributed by atoms with E-state index in [4.69, 9.17) is 9.47 Å². The third-order valence-corrected chi connectivity index (χ3v) is 6.51. The number of methoxy groups -OCH3 is 1. The molecule has 0 aliphatic heterocycles. The average molecular weight is 469 g/mol. The van der Waals surface area contributed by atoms with Crippen LogP contribution in [0.3, 0.4) is 0 Å². The van der Waals surface area contributed by atoms with Crippen molar-refractivity contribution in [1.29, 1.82) is 0 Å². The van der Waals surface area contributed by atoms with E-state index in [0.29, 0.717) is 17.2 Å². The van der Waals surface area contributed by atoms with Crippen molar-refractivity contribution in [3.8, 4) is 11.5 Å². The standard InChI is InChI=1S/C25H28N2O5S/c1-17-9-10-18(2)23(15-17)27-33(29,30)21-13-11-20(12-14-21)32-16-25(28)26-19(3)22-7-5-6-8-24(22)31-4/h5-15,19,27H,16H2,1-4H3,(H,26,28). The summed E-state index contributed by atoms with van der Waals surface area (Å²) in [6.45, 7) is 5.40. The van der Waals surface area contributed by atoms with Crippen molar-refractivity contribution in [3.05, 3.63) is 83.4 Å². The van der Waals surface area contributed by atoms with Crippen molar-refractivity contribution in [3.63, 3.8) is 0 Å². The Kier molecular flexibility index (Phi) is 7.60. The molecule has 1 unspecified atom stereocenters. The largest absolute Gasteiger partial charge is 0.496 e. The minimum atomic E-state index is -3.75. The Hall–Kier alpha value is -3.52. The molecule has 0 radical (unpaired) electrons. The smallest absolute Gasteiger partial charge is 0.261 e. The summed E-state index contributed by atoms with van der Waals surface area (Å²) in [6.07, 6.45) is 0. The van der Waals surface area contributed by atoms with Gasteiger partial charge >= 0.3 is 0 Å². The van der Waals surface area contributed by atoms with E-state index in [9.17, 15) is 13.2 Å². The number of aryl methyl sites for hydroxylation is 2. The molecule has 1 amide bonds. The lowest BCUT2D eigenvalue weighted by atomic mass is 10.1. The van der Waals surface area contributed by atoms with E-state index >= 15 is 0 Å². The number of nitrogens with one attached hydrogen (secondary N) is 2. The highest BCUT2D eigenvalue weighted by Crippen LogP contribution is 2.25. The summed E-state index contributed by atoms with van der Waals surface area (Å²) in [7, 11) is -2.17. The van der Waals surface area contributed by atoms with E-state index in [1.54, 1.807) is 13.2 Å². The lowest BCUT2D eigenvalue weighted by molar-refractivity contribution is -0.123. The topological polar surface area (TPSA) is 93.7 Å². The predicted octanol–water partition coefficient (Wildman–Crippen LogP) is 4.37. The first-order chi connectivity index (χ1) is 15.7. The van der Waals surface area contributed by atoms with Gasteiger partial charge in [-0.1, -0.05) is 30.3 Å². The van der Waals surface area contributed by atoms with Gasteiger partial charge in [-0.05, 0) is 68.3 Å². The summed E-state index contributed by atoms with van der Waals surface area (Å²) in [5.41, 5.74) is 3.19. The van der Waals surface area contributed by atoms with E-state index in [1.165, 1.54) is 24.3 Å². The summed E-state index contributed by atoms with van der Waals surface area (Å²) in [6, 6.07) is 18.7. The molecule has 0 heterocycles. The molecule has 0 aliphatic carbocycles. The van der Waals surface area contributed by atoms with E-state index in [-0.39, 0.29) is 23.5 Å². The Morgan fingerprint density at radius 3 is 2.39 bits per heavy atom. The second-order valence-corrected chi connectivity index (χ2v) is 9.40. The number of hydrogen-bond acceptors (Lipinski definition) is 5. The van der Waals surface area contributed by atoms with Crippen molar-refractivity contribution < 1.29 is 22.7 Å². The van der Waals surface area contributed by atoms with Crippen LogP contribution in [0.2, 0.25) is 0 Å². The van der Waals surface area contributed by atoms with Gasteiger partial charge in [0.1, 0.15) is 11.5 Å². The maximum absolute atomic E-state index is 12.7. The highest BCUT2D eigenvalue weighted by Gasteiger charge is 2.17. The Morgan fingerprint density at radius 2 is 1.70 bits per heavy atom. The first-order valence-electron chi connectivity index (χ1n) is 10.4. The van der Waals surface area contributed by atoms with Crippen molar-refractivity contribution in [1.82, 2.24) is 5.32 Å². The van der Waals surface area contributed by atoms with Gasteiger partial charge in [0.2, 0.25) is 0 Å². The summed E-state index contributed by atoms with van der Waals surface area (Å²) >= 11 is 0. The fraction of sp³-hybridized carbons (Fsp3) is 0.240. The van der Waals surface area contributed by atoms with Gasteiger partial charge in [-0.25, -0.2) is 8.42 Å². The SMILES string of the molecule is COc1ccccc1C(C)NC(=O)COc1ccc(S(=O)(=O)Nc2cc(C)ccc2C)cc1. The predicted molar refractivity (Wildman–Crippen MR) is 128 cm³/mol. The summed E-state index contributed by atoms with van der Waals surface area (Å²) < 4.78 is 38.9. The maximum atomic E-state index is 12.7. The lowest BCUT2D eigenvalue weighted by Crippen LogP contribution is -2.31. The van der Waals surface area contributed by atoms with Gasteiger partial charge < -0.3 is 14.8 Å². The van der Waals surface area contributed by atoms with Gasteiger partial charge in [0.25, 0.3) is 15.9 Å². The zero-order valence-electron chi connectivity index (χ0n) is 19.1. The molecule has 7 nitrogen and oxygen atoms in total. The second kappa shape index (κ2) is 10.4. The van der Waals surface area contributed by atoms with Gasteiger partial charge in [0.15, 0.2) is 6.61 Å². The molecule has 0 spiro atoms. The third-order valence-electron chi connectivity index (χ3n) is 5.12. The minimum absolute atomic E-state index is 0.102. The molecule has 0 saturated carbocycles. The van der Waals surface area contributed by atoms with Crippen LogP contribution in [0.1, 0.15) is 29.7 Å². The Morgan fingerprint density at radius 1 is 1.00 bits per heavy atom. The molecule has 33 heavy (non-hydrogen) atoms. The molecular weight excluding hydrogens is 440 g/mol. The van der Waals surface area contributed by atoms with Gasteiger partial charge in [0.05, 0.1) is 23.7 Å². The van der Waals surface area contributed by atoms with Crippen molar-refractivity contribution in [2.24, 2.45) is 0 Å². The molecule has 3 rings (SSSR count). The van der Waals surface area contributed by atoms with Crippen LogP contribution in [0.25, 0.3) is 0 Å². The van der Waals surface area contributed by atoms with Gasteiger partial charge in [-0.2, -0.15) is 0 Å². The zero-order chi connectivity index (χ0) is 24.0. The van der Waals surface area contributed by atoms with Crippen LogP contribution in [-0.2, 0) is 14.8 Å². The summed E-state index contributed by atoms with van der Waals surface area (Å²) in [4.78, 5) is 12.4. The second-order valence-electron chi connectivity index (χ2n) is 7.72. The number of benzene rings is 3. The van der Waals surface area contributed by atoms with E-state index in [1.807, 2.05) is 57.2 Å². The fourth-order valence-corrected chi connectivity index (χ4v) is 4.42. The monoisotopic (exact) mass is 468 g/mol. The number of hydrogen-bond donors (Lipinski definition) is 2. The van der Waals surface area contributed by atoms with E-state index in [0.717, 1.165) is 16.7 Å². The molecule has 0 aliphatic rings. The number of carbonyl (C=O) groups excluding carboxylic acids is 1. The van der Waals surface area contributed by atoms with Gasteiger partial charge in [-0.3, -0.25) is 9.52 Å². The lowest BCUT2D eigenvalue weighted by Gasteiger charge is -2.17.